The SMILES string of the molecule is C/C(=C\CNC(=O)CC(CNC(=O)OCC1c2ccccc2-c2ccccc21)C(C)C)C(=O)O. The average molecular weight is 465 g/mol. The van der Waals surface area contributed by atoms with Crippen LogP contribution in [0.1, 0.15) is 44.2 Å². The molecule has 0 saturated carbocycles. The van der Waals surface area contributed by atoms with Gasteiger partial charge in [-0.2, -0.15) is 0 Å². The summed E-state index contributed by atoms with van der Waals surface area (Å²) in [7, 11) is 0. The monoisotopic (exact) mass is 464 g/mol. The second-order valence-corrected chi connectivity index (χ2v) is 8.91. The number of carboxylic acids is 1. The molecule has 0 spiro atoms. The number of amides is 2. The number of fused-ring (bicyclic) bond motifs is 3. The van der Waals surface area contributed by atoms with Crippen LogP contribution in [0.2, 0.25) is 0 Å². The molecule has 2 aromatic carbocycles. The summed E-state index contributed by atoms with van der Waals surface area (Å²) >= 11 is 0. The molecule has 1 aliphatic rings. The van der Waals surface area contributed by atoms with Crippen LogP contribution in [0.15, 0.2) is 60.2 Å². The normalized spacial score (nSPS) is 13.7. The third kappa shape index (κ3) is 6.25. The van der Waals surface area contributed by atoms with Gasteiger partial charge in [0.05, 0.1) is 0 Å². The summed E-state index contributed by atoms with van der Waals surface area (Å²) < 4.78 is 5.57. The summed E-state index contributed by atoms with van der Waals surface area (Å²) in [5.41, 5.74) is 4.83. The van der Waals surface area contributed by atoms with Gasteiger partial charge in [-0.25, -0.2) is 9.59 Å². The van der Waals surface area contributed by atoms with Crippen molar-refractivity contribution in [1.82, 2.24) is 10.6 Å². The number of nitrogens with one attached hydrogen (secondary N) is 2. The summed E-state index contributed by atoms with van der Waals surface area (Å²) in [6.45, 7) is 6.16. The quantitative estimate of drug-likeness (QED) is 0.454. The number of alkyl carbamates (subject to hydrolysis) is 1. The number of benzene rings is 2. The highest BCUT2D eigenvalue weighted by molar-refractivity contribution is 5.86. The summed E-state index contributed by atoms with van der Waals surface area (Å²) in [5, 5.41) is 14.4. The van der Waals surface area contributed by atoms with E-state index in [1.807, 2.05) is 38.1 Å². The smallest absolute Gasteiger partial charge is 0.407 e. The third-order valence-corrected chi connectivity index (χ3v) is 6.29. The molecule has 1 unspecified atom stereocenters. The molecule has 0 fully saturated rings. The van der Waals surface area contributed by atoms with Gasteiger partial charge >= 0.3 is 12.1 Å². The Morgan fingerprint density at radius 3 is 2.15 bits per heavy atom. The van der Waals surface area contributed by atoms with Gasteiger partial charge in [0.1, 0.15) is 6.61 Å². The largest absolute Gasteiger partial charge is 0.478 e. The van der Waals surface area contributed by atoms with Gasteiger partial charge in [0.15, 0.2) is 0 Å². The number of carboxylic acid groups (broad SMARTS) is 1. The summed E-state index contributed by atoms with van der Waals surface area (Å²) in [6.07, 6.45) is 1.17. The molecule has 1 atom stereocenters. The van der Waals surface area contributed by atoms with E-state index in [-0.39, 0.29) is 48.8 Å². The molecule has 0 saturated heterocycles. The Hall–Kier alpha value is -3.61. The highest BCUT2D eigenvalue weighted by Crippen LogP contribution is 2.44. The molecule has 2 aromatic rings. The predicted molar refractivity (Wildman–Crippen MR) is 130 cm³/mol. The highest BCUT2D eigenvalue weighted by Gasteiger charge is 2.29. The third-order valence-electron chi connectivity index (χ3n) is 6.29. The molecule has 0 bridgehead atoms. The van der Waals surface area contributed by atoms with Crippen molar-refractivity contribution in [2.75, 3.05) is 19.7 Å². The lowest BCUT2D eigenvalue weighted by molar-refractivity contribution is -0.132. The molecule has 0 radical (unpaired) electrons. The van der Waals surface area contributed by atoms with E-state index in [0.717, 1.165) is 11.1 Å². The van der Waals surface area contributed by atoms with Crippen LogP contribution < -0.4 is 10.6 Å². The molecule has 2 amide bonds. The molecule has 1 aliphatic carbocycles. The number of hydrogen-bond acceptors (Lipinski definition) is 4. The Morgan fingerprint density at radius 1 is 1.00 bits per heavy atom. The number of aliphatic carboxylic acids is 1. The molecular weight excluding hydrogens is 432 g/mol. The molecule has 0 aliphatic heterocycles. The van der Waals surface area contributed by atoms with Crippen molar-refractivity contribution in [1.29, 1.82) is 0 Å². The fraction of sp³-hybridized carbons (Fsp3) is 0.370. The molecule has 3 N–H and O–H groups in total. The van der Waals surface area contributed by atoms with Gasteiger partial charge in [-0.1, -0.05) is 68.5 Å². The zero-order chi connectivity index (χ0) is 24.7. The average Bonchev–Trinajstić information content (AvgIpc) is 3.13. The van der Waals surface area contributed by atoms with Crippen LogP contribution in [0.5, 0.6) is 0 Å². The van der Waals surface area contributed by atoms with E-state index in [0.29, 0.717) is 6.54 Å². The minimum atomic E-state index is -1.01. The van der Waals surface area contributed by atoms with Gasteiger partial charge in [0.25, 0.3) is 0 Å². The first-order valence-corrected chi connectivity index (χ1v) is 11.5. The summed E-state index contributed by atoms with van der Waals surface area (Å²) in [6, 6.07) is 16.3. The van der Waals surface area contributed by atoms with Crippen molar-refractivity contribution in [2.24, 2.45) is 11.8 Å². The Bertz CT molecular complexity index is 1030. The lowest BCUT2D eigenvalue weighted by atomic mass is 9.92. The molecule has 3 rings (SSSR count). The topological polar surface area (TPSA) is 105 Å². The van der Waals surface area contributed by atoms with Crippen molar-refractivity contribution in [3.05, 3.63) is 71.3 Å². The van der Waals surface area contributed by atoms with Crippen molar-refractivity contribution >= 4 is 18.0 Å². The van der Waals surface area contributed by atoms with E-state index in [1.54, 1.807) is 0 Å². The van der Waals surface area contributed by atoms with Crippen LogP contribution in [0.3, 0.4) is 0 Å². The zero-order valence-electron chi connectivity index (χ0n) is 19.8. The van der Waals surface area contributed by atoms with E-state index < -0.39 is 12.1 Å². The Kier molecular flexibility index (Phi) is 8.46. The summed E-state index contributed by atoms with van der Waals surface area (Å²) in [4.78, 5) is 35.5. The molecule has 34 heavy (non-hydrogen) atoms. The molecule has 0 aromatic heterocycles. The van der Waals surface area contributed by atoms with Gasteiger partial charge in [0, 0.05) is 31.0 Å². The van der Waals surface area contributed by atoms with Gasteiger partial charge in [-0.3, -0.25) is 4.79 Å². The van der Waals surface area contributed by atoms with Gasteiger partial charge < -0.3 is 20.5 Å². The minimum Gasteiger partial charge on any atom is -0.478 e. The van der Waals surface area contributed by atoms with Crippen molar-refractivity contribution in [3.63, 3.8) is 0 Å². The van der Waals surface area contributed by atoms with E-state index in [2.05, 4.69) is 34.9 Å². The number of rotatable bonds is 10. The molecule has 0 heterocycles. The van der Waals surface area contributed by atoms with Crippen molar-refractivity contribution in [3.8, 4) is 11.1 Å². The highest BCUT2D eigenvalue weighted by atomic mass is 16.5. The Morgan fingerprint density at radius 2 is 1.59 bits per heavy atom. The Balaban J connectivity index is 1.50. The van der Waals surface area contributed by atoms with Crippen LogP contribution in [0.4, 0.5) is 4.79 Å². The summed E-state index contributed by atoms with van der Waals surface area (Å²) in [5.74, 6) is -1.13. The van der Waals surface area contributed by atoms with Crippen molar-refractivity contribution < 1.29 is 24.2 Å². The first-order chi connectivity index (χ1) is 16.3. The zero-order valence-corrected chi connectivity index (χ0v) is 19.8. The van der Waals surface area contributed by atoms with E-state index in [1.165, 1.54) is 24.1 Å². The second-order valence-electron chi connectivity index (χ2n) is 8.91. The predicted octanol–water partition coefficient (Wildman–Crippen LogP) is 4.33. The molecule has 180 valence electrons. The second kappa shape index (κ2) is 11.5. The first-order valence-electron chi connectivity index (χ1n) is 11.5. The minimum absolute atomic E-state index is 0.00728. The lowest BCUT2D eigenvalue weighted by Gasteiger charge is -2.21. The maximum absolute atomic E-state index is 12.5. The van der Waals surface area contributed by atoms with E-state index >= 15 is 0 Å². The Labute approximate surface area is 200 Å². The molecular formula is C27H32N2O5. The van der Waals surface area contributed by atoms with Crippen LogP contribution >= 0.6 is 0 Å². The maximum atomic E-state index is 12.5. The van der Waals surface area contributed by atoms with E-state index in [9.17, 15) is 14.4 Å². The molecule has 7 nitrogen and oxygen atoms in total. The lowest BCUT2D eigenvalue weighted by Crippen LogP contribution is -2.36. The number of carbonyl (C=O) groups is 3. The van der Waals surface area contributed by atoms with Crippen LogP contribution in [0.25, 0.3) is 11.1 Å². The van der Waals surface area contributed by atoms with Crippen LogP contribution in [-0.4, -0.2) is 42.8 Å². The molecule has 7 heteroatoms. The van der Waals surface area contributed by atoms with Crippen LogP contribution in [0, 0.1) is 11.8 Å². The van der Waals surface area contributed by atoms with Gasteiger partial charge in [-0.05, 0) is 41.0 Å². The number of hydrogen-bond donors (Lipinski definition) is 3. The van der Waals surface area contributed by atoms with Gasteiger partial charge in [0.2, 0.25) is 5.91 Å². The van der Waals surface area contributed by atoms with Gasteiger partial charge in [-0.15, -0.1) is 0 Å². The maximum Gasteiger partial charge on any atom is 0.407 e. The van der Waals surface area contributed by atoms with E-state index in [4.69, 9.17) is 9.84 Å². The number of carbonyl (C=O) groups excluding carboxylic acids is 2. The van der Waals surface area contributed by atoms with Crippen molar-refractivity contribution in [2.45, 2.75) is 33.1 Å². The fourth-order valence-corrected chi connectivity index (χ4v) is 4.12. The number of ether oxygens (including phenoxy) is 1. The van der Waals surface area contributed by atoms with Crippen LogP contribution in [-0.2, 0) is 14.3 Å². The first kappa shape index (κ1) is 25.0. The fourth-order valence-electron chi connectivity index (χ4n) is 4.12. The standard InChI is InChI=1S/C27H32N2O5/c1-17(2)19(14-25(30)28-13-12-18(3)26(31)32)15-29-27(33)34-16-24-22-10-6-4-8-20(22)21-9-5-7-11-23(21)24/h4-12,17,19,24H,13-16H2,1-3H3,(H,28,30)(H,29,33)(H,31,32)/b18-12+.